The van der Waals surface area contributed by atoms with Gasteiger partial charge in [-0.15, -0.1) is 0 Å². The third kappa shape index (κ3) is 3.33. The molecular formula is C25H24N4O2. The molecule has 4 heterocycles. The second-order valence-corrected chi connectivity index (χ2v) is 8.41. The van der Waals surface area contributed by atoms with E-state index in [0.29, 0.717) is 24.1 Å². The molecule has 2 saturated heterocycles. The highest BCUT2D eigenvalue weighted by Crippen LogP contribution is 2.42. The van der Waals surface area contributed by atoms with Crippen molar-refractivity contribution in [1.29, 1.82) is 0 Å². The van der Waals surface area contributed by atoms with Gasteiger partial charge in [-0.3, -0.25) is 4.40 Å². The molecule has 2 N–H and O–H groups in total. The molecule has 0 amide bonds. The Bertz CT molecular complexity index is 1210. The van der Waals surface area contributed by atoms with Crippen molar-refractivity contribution in [1.82, 2.24) is 14.4 Å². The van der Waals surface area contributed by atoms with E-state index in [1.807, 2.05) is 65.1 Å². The van der Waals surface area contributed by atoms with E-state index in [4.69, 9.17) is 20.2 Å². The van der Waals surface area contributed by atoms with Crippen molar-refractivity contribution in [2.45, 2.75) is 43.8 Å². The average molecular weight is 412 g/mol. The standard InChI is InChI=1S/C25H24N4O2/c26-25-27-13-12-22-23(17-14-20-10-11-21(15-17)31-20)28-24(29(22)25)16-6-8-19(9-7-16)30-18-4-2-1-3-5-18/h1-9,12-13,17,20-21H,10-11,14-15H2,(H2,26,27). The van der Waals surface area contributed by atoms with Crippen LogP contribution in [0.2, 0.25) is 0 Å². The fourth-order valence-electron chi connectivity index (χ4n) is 4.96. The maximum absolute atomic E-state index is 6.30. The topological polar surface area (TPSA) is 74.7 Å². The number of imidazole rings is 1. The summed E-state index contributed by atoms with van der Waals surface area (Å²) < 4.78 is 14.0. The van der Waals surface area contributed by atoms with Crippen LogP contribution in [0.5, 0.6) is 11.5 Å². The van der Waals surface area contributed by atoms with Crippen LogP contribution in [0.3, 0.4) is 0 Å². The van der Waals surface area contributed by atoms with Crippen LogP contribution in [-0.4, -0.2) is 26.6 Å². The number of nitrogens with zero attached hydrogens (tertiary/aromatic N) is 3. The molecule has 2 aromatic carbocycles. The first-order valence-corrected chi connectivity index (χ1v) is 10.9. The molecule has 6 nitrogen and oxygen atoms in total. The van der Waals surface area contributed by atoms with Gasteiger partial charge in [0.25, 0.3) is 0 Å². The molecule has 0 spiro atoms. The van der Waals surface area contributed by atoms with Gasteiger partial charge in [0.05, 0.1) is 23.4 Å². The number of hydrogen-bond donors (Lipinski definition) is 1. The minimum Gasteiger partial charge on any atom is -0.457 e. The highest BCUT2D eigenvalue weighted by atomic mass is 16.5. The van der Waals surface area contributed by atoms with E-state index >= 15 is 0 Å². The van der Waals surface area contributed by atoms with Crippen LogP contribution >= 0.6 is 0 Å². The van der Waals surface area contributed by atoms with E-state index in [1.54, 1.807) is 6.20 Å². The van der Waals surface area contributed by atoms with Crippen LogP contribution in [0.4, 0.5) is 5.95 Å². The maximum Gasteiger partial charge on any atom is 0.206 e. The first-order valence-electron chi connectivity index (χ1n) is 10.9. The molecule has 2 atom stereocenters. The Kier molecular flexibility index (Phi) is 4.39. The summed E-state index contributed by atoms with van der Waals surface area (Å²) in [6.45, 7) is 0. The Hall–Kier alpha value is -3.38. The molecule has 2 aliphatic rings. The Labute approximate surface area is 180 Å². The largest absolute Gasteiger partial charge is 0.457 e. The molecule has 2 aromatic heterocycles. The summed E-state index contributed by atoms with van der Waals surface area (Å²) in [5, 5.41) is 0. The fraction of sp³-hybridized carbons (Fsp3) is 0.280. The lowest BCUT2D eigenvalue weighted by Crippen LogP contribution is -2.24. The summed E-state index contributed by atoms with van der Waals surface area (Å²) in [6.07, 6.45) is 6.85. The Morgan fingerprint density at radius 1 is 0.903 bits per heavy atom. The number of anilines is 1. The van der Waals surface area contributed by atoms with Crippen LogP contribution in [0.25, 0.3) is 16.9 Å². The van der Waals surface area contributed by atoms with Crippen LogP contribution in [0.1, 0.15) is 37.3 Å². The zero-order chi connectivity index (χ0) is 20.8. The third-order valence-corrected chi connectivity index (χ3v) is 6.38. The lowest BCUT2D eigenvalue weighted by molar-refractivity contribution is -0.00413. The third-order valence-electron chi connectivity index (χ3n) is 6.38. The summed E-state index contributed by atoms with van der Waals surface area (Å²) in [5.41, 5.74) is 9.43. The second kappa shape index (κ2) is 7.39. The van der Waals surface area contributed by atoms with E-state index in [2.05, 4.69) is 4.98 Å². The number of nitrogens with two attached hydrogens (primary N) is 1. The molecule has 0 radical (unpaired) electrons. The number of rotatable bonds is 4. The molecule has 2 aliphatic heterocycles. The number of para-hydroxylation sites is 1. The molecule has 4 aromatic rings. The van der Waals surface area contributed by atoms with Crippen molar-refractivity contribution in [2.24, 2.45) is 0 Å². The van der Waals surface area contributed by atoms with Crippen LogP contribution in [0, 0.1) is 0 Å². The van der Waals surface area contributed by atoms with E-state index < -0.39 is 0 Å². The predicted molar refractivity (Wildman–Crippen MR) is 119 cm³/mol. The maximum atomic E-state index is 6.30. The summed E-state index contributed by atoms with van der Waals surface area (Å²) in [7, 11) is 0. The van der Waals surface area contributed by atoms with Crippen LogP contribution < -0.4 is 10.5 Å². The highest BCUT2D eigenvalue weighted by Gasteiger charge is 2.37. The quantitative estimate of drug-likeness (QED) is 0.499. The SMILES string of the molecule is Nc1nccc2c(C3CC4CCC(C3)O4)nc(-c3ccc(Oc4ccccc4)cc3)n12. The monoisotopic (exact) mass is 412 g/mol. The van der Waals surface area contributed by atoms with Gasteiger partial charge in [0.2, 0.25) is 5.95 Å². The molecule has 156 valence electrons. The van der Waals surface area contributed by atoms with Crippen LogP contribution in [-0.2, 0) is 4.74 Å². The van der Waals surface area contributed by atoms with E-state index in [0.717, 1.165) is 59.8 Å². The van der Waals surface area contributed by atoms with E-state index in [-0.39, 0.29) is 0 Å². The summed E-state index contributed by atoms with van der Waals surface area (Å²) in [6, 6.07) is 19.8. The molecule has 6 heteroatoms. The molecular weight excluding hydrogens is 388 g/mol. The number of aromatic nitrogens is 3. The highest BCUT2D eigenvalue weighted by molar-refractivity contribution is 5.69. The van der Waals surface area contributed by atoms with Gasteiger partial charge in [0, 0.05) is 17.7 Å². The van der Waals surface area contributed by atoms with Crippen molar-refractivity contribution < 1.29 is 9.47 Å². The van der Waals surface area contributed by atoms with Gasteiger partial charge in [-0.05, 0) is 68.1 Å². The van der Waals surface area contributed by atoms with Gasteiger partial charge >= 0.3 is 0 Å². The zero-order valence-corrected chi connectivity index (χ0v) is 17.1. The lowest BCUT2D eigenvalue weighted by Gasteiger charge is -2.27. The summed E-state index contributed by atoms with van der Waals surface area (Å²) in [5.74, 6) is 3.25. The number of hydrogen-bond acceptors (Lipinski definition) is 5. The van der Waals surface area contributed by atoms with Gasteiger partial charge in [-0.1, -0.05) is 18.2 Å². The average Bonchev–Trinajstić information content (AvgIpc) is 3.35. The lowest BCUT2D eigenvalue weighted by atomic mass is 9.92. The Balaban J connectivity index is 1.37. The minimum atomic E-state index is 0.359. The van der Waals surface area contributed by atoms with Crippen molar-refractivity contribution in [2.75, 3.05) is 5.73 Å². The van der Waals surface area contributed by atoms with Crippen molar-refractivity contribution in [3.05, 3.63) is 72.6 Å². The first kappa shape index (κ1) is 18.4. The smallest absolute Gasteiger partial charge is 0.206 e. The molecule has 2 bridgehead atoms. The van der Waals surface area contributed by atoms with Crippen molar-refractivity contribution in [3.63, 3.8) is 0 Å². The second-order valence-electron chi connectivity index (χ2n) is 8.41. The van der Waals surface area contributed by atoms with Gasteiger partial charge in [-0.2, -0.15) is 0 Å². The minimum absolute atomic E-state index is 0.359. The molecule has 0 saturated carbocycles. The summed E-state index contributed by atoms with van der Waals surface area (Å²) >= 11 is 0. The molecule has 2 fully saturated rings. The van der Waals surface area contributed by atoms with Gasteiger partial charge in [0.1, 0.15) is 17.3 Å². The zero-order valence-electron chi connectivity index (χ0n) is 17.1. The van der Waals surface area contributed by atoms with E-state index in [9.17, 15) is 0 Å². The van der Waals surface area contributed by atoms with Crippen molar-refractivity contribution in [3.8, 4) is 22.9 Å². The van der Waals surface area contributed by atoms with Gasteiger partial charge in [-0.25, -0.2) is 9.97 Å². The van der Waals surface area contributed by atoms with Gasteiger partial charge < -0.3 is 15.2 Å². The number of benzene rings is 2. The summed E-state index contributed by atoms with van der Waals surface area (Å²) in [4.78, 5) is 9.42. The normalized spacial score (nSPS) is 22.6. The van der Waals surface area contributed by atoms with Crippen LogP contribution in [0.15, 0.2) is 66.9 Å². The molecule has 2 unspecified atom stereocenters. The first-order chi connectivity index (χ1) is 15.2. The number of ether oxygens (including phenoxy) is 2. The number of fused-ring (bicyclic) bond motifs is 3. The Morgan fingerprint density at radius 3 is 2.35 bits per heavy atom. The molecule has 0 aliphatic carbocycles. The Morgan fingerprint density at radius 2 is 1.61 bits per heavy atom. The molecule has 6 rings (SSSR count). The predicted octanol–water partition coefficient (Wildman–Crippen LogP) is 5.20. The fourth-order valence-corrected chi connectivity index (χ4v) is 4.96. The molecule has 31 heavy (non-hydrogen) atoms. The number of nitrogen functional groups attached to an aromatic ring is 1. The van der Waals surface area contributed by atoms with Gasteiger partial charge in [0.15, 0.2) is 0 Å². The van der Waals surface area contributed by atoms with E-state index in [1.165, 1.54) is 0 Å². The van der Waals surface area contributed by atoms with Crippen molar-refractivity contribution >= 4 is 11.5 Å².